The minimum atomic E-state index is -1.52. The van der Waals surface area contributed by atoms with Crippen molar-refractivity contribution in [1.82, 2.24) is 0 Å². The Kier molecular flexibility index (Phi) is 7.23. The Morgan fingerprint density at radius 2 is 1.56 bits per heavy atom. The van der Waals surface area contributed by atoms with Crippen LogP contribution in [0.25, 0.3) is 0 Å². The second kappa shape index (κ2) is 8.14. The van der Waals surface area contributed by atoms with E-state index in [1.807, 2.05) is 0 Å². The van der Waals surface area contributed by atoms with Gasteiger partial charge in [-0.15, -0.1) is 0 Å². The van der Waals surface area contributed by atoms with Crippen molar-refractivity contribution in [2.45, 2.75) is 0 Å². The molecule has 0 saturated heterocycles. The number of carbonyl (C=O) groups excluding carboxylic acids is 2. The quantitative estimate of drug-likeness (QED) is 0.619. The minimum Gasteiger partial charge on any atom is -0.545 e. The van der Waals surface area contributed by atoms with E-state index >= 15 is 0 Å². The van der Waals surface area contributed by atoms with Crippen LogP contribution in [0.5, 0.6) is 0 Å². The van der Waals surface area contributed by atoms with Gasteiger partial charge in [-0.3, -0.25) is 4.99 Å². The monoisotopic (exact) mass is 290 g/mol. The van der Waals surface area contributed by atoms with E-state index in [0.29, 0.717) is 0 Å². The third-order valence-electron chi connectivity index (χ3n) is 1.81. The van der Waals surface area contributed by atoms with Gasteiger partial charge in [0.15, 0.2) is 0 Å². The van der Waals surface area contributed by atoms with Crippen molar-refractivity contribution in [2.24, 2.45) is 9.98 Å². The van der Waals surface area contributed by atoms with Crippen molar-refractivity contribution in [1.29, 1.82) is 0 Å². The molecule has 1 aliphatic heterocycles. The Morgan fingerprint density at radius 3 is 1.78 bits per heavy atom. The van der Waals surface area contributed by atoms with Gasteiger partial charge < -0.3 is 19.8 Å². The van der Waals surface area contributed by atoms with Gasteiger partial charge in [-0.05, 0) is 0 Å². The van der Waals surface area contributed by atoms with Gasteiger partial charge in [0.2, 0.25) is 0 Å². The number of hydrogen-bond acceptors (Lipinski definition) is 6. The van der Waals surface area contributed by atoms with Crippen LogP contribution >= 0.6 is 0 Å². The third kappa shape index (κ3) is 4.88. The van der Waals surface area contributed by atoms with E-state index in [-0.39, 0.29) is 27.6 Å². The van der Waals surface area contributed by atoms with E-state index in [9.17, 15) is 19.8 Å². The Balaban J connectivity index is 0.000000405. The van der Waals surface area contributed by atoms with Crippen LogP contribution in [-0.2, 0) is 16.5 Å². The van der Waals surface area contributed by atoms with Crippen LogP contribution < -0.4 is 10.2 Å². The van der Waals surface area contributed by atoms with Crippen LogP contribution in [0.15, 0.2) is 34.3 Å². The van der Waals surface area contributed by atoms with Crippen molar-refractivity contribution in [3.63, 3.8) is 0 Å². The average molecular weight is 291 g/mol. The molecule has 96 valence electrons. The van der Waals surface area contributed by atoms with Crippen LogP contribution in [0.3, 0.4) is 0 Å². The van der Waals surface area contributed by atoms with E-state index in [0.717, 1.165) is 18.7 Å². The number of hydrogen-bond donors (Lipinski definition) is 0. The van der Waals surface area contributed by atoms with Gasteiger partial charge in [-0.25, -0.2) is 4.99 Å². The molecule has 0 atom stereocenters. The summed E-state index contributed by atoms with van der Waals surface area (Å²) < 4.78 is 0. The zero-order valence-electron chi connectivity index (χ0n) is 9.01. The molecular weight excluding hydrogens is 283 g/mol. The Labute approximate surface area is 113 Å². The average Bonchev–Trinajstić information content (AvgIpc) is 2.87. The molecule has 0 radical (unpaired) electrons. The van der Waals surface area contributed by atoms with Crippen LogP contribution in [-0.4, -0.2) is 31.0 Å². The summed E-state index contributed by atoms with van der Waals surface area (Å²) in [5.74, 6) is -3.04. The molecule has 0 bridgehead atoms. The summed E-state index contributed by atoms with van der Waals surface area (Å²) in [4.78, 5) is 28.1. The van der Waals surface area contributed by atoms with Crippen LogP contribution in [0, 0.1) is 0 Å². The largest absolute Gasteiger partial charge is 2.00 e. The second-order valence-corrected chi connectivity index (χ2v) is 2.93. The van der Waals surface area contributed by atoms with E-state index in [4.69, 9.17) is 0 Å². The van der Waals surface area contributed by atoms with Crippen molar-refractivity contribution in [2.75, 3.05) is 6.54 Å². The molecule has 0 N–H and O–H groups in total. The zero-order chi connectivity index (χ0) is 12.7. The van der Waals surface area contributed by atoms with Crippen LogP contribution in [0.1, 0.15) is 20.7 Å². The maximum Gasteiger partial charge on any atom is 2.00 e. The zero-order valence-corrected chi connectivity index (χ0v) is 10.0. The number of nitrogens with zero attached hydrogens (tertiary/aromatic N) is 2. The molecule has 1 aliphatic rings. The van der Waals surface area contributed by atoms with Crippen LogP contribution in [0.2, 0.25) is 0 Å². The maximum atomic E-state index is 10.3. The fraction of sp³-hybridized carbons (Fsp3) is 0.0909. The van der Waals surface area contributed by atoms with Crippen molar-refractivity contribution in [3.8, 4) is 0 Å². The fourth-order valence-corrected chi connectivity index (χ4v) is 1.07. The Hall–Kier alpha value is -2.01. The van der Waals surface area contributed by atoms with E-state index < -0.39 is 11.9 Å². The van der Waals surface area contributed by atoms with Gasteiger partial charge in [0.05, 0.1) is 18.5 Å². The van der Waals surface area contributed by atoms with Crippen molar-refractivity contribution < 1.29 is 36.3 Å². The summed E-state index contributed by atoms with van der Waals surface area (Å²) in [5.41, 5.74) is -0.727. The molecular formula is C11H8N2NiO4. The molecule has 0 aromatic heterocycles. The number of aromatic carboxylic acids is 2. The van der Waals surface area contributed by atoms with Crippen molar-refractivity contribution in [3.05, 3.63) is 35.4 Å². The molecule has 0 spiro atoms. The van der Waals surface area contributed by atoms with Gasteiger partial charge in [0.1, 0.15) is 6.34 Å². The predicted octanol–water partition coefficient (Wildman–Crippen LogP) is -1.49. The van der Waals surface area contributed by atoms with Crippen molar-refractivity contribution >= 4 is 24.5 Å². The first-order chi connectivity index (χ1) is 8.13. The van der Waals surface area contributed by atoms with Gasteiger partial charge in [0.25, 0.3) is 0 Å². The first-order valence-electron chi connectivity index (χ1n) is 4.64. The molecule has 1 aromatic rings. The molecule has 0 amide bonds. The standard InChI is InChI=1S/C8H6O4.C3H4N2.Ni/c9-7(10)5-3-1-2-4-6(5)8(11)12;1-2-5-3-4-1;/h1-4H,(H,9,10)(H,11,12);1,3H,2H2;/q;;+2/p-2. The molecule has 1 aromatic carbocycles. The molecule has 7 heteroatoms. The Bertz CT molecular complexity index is 443. The van der Waals surface area contributed by atoms with E-state index in [1.165, 1.54) is 12.1 Å². The summed E-state index contributed by atoms with van der Waals surface area (Å²) >= 11 is 0. The Morgan fingerprint density at radius 1 is 1.06 bits per heavy atom. The van der Waals surface area contributed by atoms with Gasteiger partial charge in [-0.2, -0.15) is 0 Å². The van der Waals surface area contributed by atoms with Gasteiger partial charge in [-0.1, -0.05) is 24.3 Å². The number of carboxylic acids is 2. The molecule has 0 fully saturated rings. The second-order valence-electron chi connectivity index (χ2n) is 2.93. The fourth-order valence-electron chi connectivity index (χ4n) is 1.07. The summed E-state index contributed by atoms with van der Waals surface area (Å²) in [7, 11) is 0. The SMILES string of the molecule is C1=NC=NC1.O=C([O-])c1ccccc1C(=O)[O-].[Ni+2]. The summed E-state index contributed by atoms with van der Waals surface area (Å²) in [6, 6.07) is 5.14. The third-order valence-corrected chi connectivity index (χ3v) is 1.81. The van der Waals surface area contributed by atoms with E-state index in [2.05, 4.69) is 9.98 Å². The number of carbonyl (C=O) groups is 2. The molecule has 6 nitrogen and oxygen atoms in total. The number of aliphatic imine (C=N–C) groups is 2. The first-order valence-corrected chi connectivity index (χ1v) is 4.64. The summed E-state index contributed by atoms with van der Waals surface area (Å²) in [6.45, 7) is 0.778. The summed E-state index contributed by atoms with van der Waals surface area (Å²) in [5, 5.41) is 20.6. The molecule has 0 unspecified atom stereocenters. The topological polar surface area (TPSA) is 105 Å². The normalized spacial score (nSPS) is 11.1. The van der Waals surface area contributed by atoms with Gasteiger partial charge in [0, 0.05) is 17.3 Å². The summed E-state index contributed by atoms with van der Waals surface area (Å²) in [6.07, 6.45) is 3.32. The number of carboxylic acid groups (broad SMARTS) is 2. The molecule has 2 rings (SSSR count). The minimum absolute atomic E-state index is 0. The number of benzene rings is 1. The molecule has 1 heterocycles. The molecule has 0 saturated carbocycles. The smallest absolute Gasteiger partial charge is 0.545 e. The first kappa shape index (κ1) is 16.0. The van der Waals surface area contributed by atoms with E-state index in [1.54, 1.807) is 12.6 Å². The van der Waals surface area contributed by atoms with Crippen LogP contribution in [0.4, 0.5) is 0 Å². The molecule has 18 heavy (non-hydrogen) atoms. The predicted molar refractivity (Wildman–Crippen MR) is 57.0 cm³/mol. The maximum absolute atomic E-state index is 10.3. The number of rotatable bonds is 2. The van der Waals surface area contributed by atoms with Gasteiger partial charge >= 0.3 is 16.5 Å². The molecule has 0 aliphatic carbocycles.